The number of halogens is 1. The molecule has 24 heavy (non-hydrogen) atoms. The zero-order valence-electron chi connectivity index (χ0n) is 13.2. The third-order valence-corrected chi connectivity index (χ3v) is 3.96. The Morgan fingerprint density at radius 2 is 1.79 bits per heavy atom. The number of carbonyl (C=O) groups is 1. The van der Waals surface area contributed by atoms with Gasteiger partial charge in [0.15, 0.2) is 11.5 Å². The van der Waals surface area contributed by atoms with Gasteiger partial charge in [-0.25, -0.2) is 0 Å². The van der Waals surface area contributed by atoms with Gasteiger partial charge in [0.1, 0.15) is 13.2 Å². The second-order valence-electron chi connectivity index (χ2n) is 5.41. The molecule has 6 heteroatoms. The first-order valence-electron chi connectivity index (χ1n) is 7.86. The van der Waals surface area contributed by atoms with Crippen molar-refractivity contribution >= 4 is 23.2 Å². The van der Waals surface area contributed by atoms with E-state index in [1.165, 1.54) is 5.56 Å². The summed E-state index contributed by atoms with van der Waals surface area (Å²) in [6.45, 7) is 1.77. The summed E-state index contributed by atoms with van der Waals surface area (Å²) in [4.78, 5) is 11.9. The van der Waals surface area contributed by atoms with Crippen LogP contribution in [0, 0.1) is 0 Å². The topological polar surface area (TPSA) is 59.6 Å². The molecule has 3 rings (SSSR count). The lowest BCUT2D eigenvalue weighted by Gasteiger charge is -2.20. The predicted octanol–water partition coefficient (Wildman–Crippen LogP) is 2.88. The zero-order chi connectivity index (χ0) is 16.8. The number of rotatable bonds is 6. The first-order chi connectivity index (χ1) is 11.7. The molecule has 2 N–H and O–H groups in total. The van der Waals surface area contributed by atoms with E-state index in [0.29, 0.717) is 42.0 Å². The van der Waals surface area contributed by atoms with Crippen LogP contribution < -0.4 is 20.1 Å². The van der Waals surface area contributed by atoms with Gasteiger partial charge in [0.05, 0.1) is 17.3 Å². The second-order valence-corrected chi connectivity index (χ2v) is 5.82. The van der Waals surface area contributed by atoms with Crippen LogP contribution in [-0.2, 0) is 11.2 Å². The molecule has 1 aliphatic rings. The quantitative estimate of drug-likeness (QED) is 0.844. The molecule has 0 spiro atoms. The van der Waals surface area contributed by atoms with Gasteiger partial charge in [0.2, 0.25) is 5.91 Å². The monoisotopic (exact) mass is 346 g/mol. The highest BCUT2D eigenvalue weighted by atomic mass is 35.5. The van der Waals surface area contributed by atoms with Gasteiger partial charge in [-0.15, -0.1) is 0 Å². The number of hydrogen-bond acceptors (Lipinski definition) is 4. The van der Waals surface area contributed by atoms with Gasteiger partial charge >= 0.3 is 0 Å². The fourth-order valence-electron chi connectivity index (χ4n) is 2.43. The lowest BCUT2D eigenvalue weighted by Crippen LogP contribution is -2.31. The minimum Gasteiger partial charge on any atom is -0.486 e. The molecule has 2 aromatic carbocycles. The number of fused-ring (bicyclic) bond motifs is 1. The molecule has 1 heterocycles. The summed E-state index contributed by atoms with van der Waals surface area (Å²) in [6, 6.07) is 13.5. The van der Waals surface area contributed by atoms with Gasteiger partial charge in [0.25, 0.3) is 0 Å². The molecule has 0 bridgehead atoms. The van der Waals surface area contributed by atoms with E-state index < -0.39 is 0 Å². The van der Waals surface area contributed by atoms with E-state index in [0.717, 1.165) is 6.42 Å². The van der Waals surface area contributed by atoms with E-state index >= 15 is 0 Å². The Labute approximate surface area is 145 Å². The number of ether oxygens (including phenoxy) is 2. The maximum absolute atomic E-state index is 11.9. The summed E-state index contributed by atoms with van der Waals surface area (Å²) in [6.07, 6.45) is 0.803. The summed E-state index contributed by atoms with van der Waals surface area (Å²) in [5.74, 6) is 1.18. The van der Waals surface area contributed by atoms with Gasteiger partial charge in [-0.2, -0.15) is 0 Å². The lowest BCUT2D eigenvalue weighted by atomic mass is 10.1. The minimum absolute atomic E-state index is 0.0862. The second kappa shape index (κ2) is 7.93. The fraction of sp³-hybridized carbons (Fsp3) is 0.278. The molecule has 0 atom stereocenters. The summed E-state index contributed by atoms with van der Waals surface area (Å²) in [5, 5.41) is 6.41. The van der Waals surface area contributed by atoms with Crippen molar-refractivity contribution in [2.45, 2.75) is 6.42 Å². The number of hydrogen-bond donors (Lipinski definition) is 2. The maximum Gasteiger partial charge on any atom is 0.239 e. The molecule has 0 fully saturated rings. The van der Waals surface area contributed by atoms with E-state index in [4.69, 9.17) is 21.1 Å². The van der Waals surface area contributed by atoms with Crippen molar-refractivity contribution in [1.29, 1.82) is 0 Å². The lowest BCUT2D eigenvalue weighted by molar-refractivity contribution is -0.119. The Morgan fingerprint density at radius 1 is 1.08 bits per heavy atom. The molecule has 2 aromatic rings. The average Bonchev–Trinajstić information content (AvgIpc) is 2.61. The molecule has 1 aliphatic heterocycles. The van der Waals surface area contributed by atoms with Crippen LogP contribution in [0.2, 0.25) is 5.02 Å². The zero-order valence-corrected chi connectivity index (χ0v) is 13.9. The van der Waals surface area contributed by atoms with Crippen LogP contribution in [-0.4, -0.2) is 32.2 Å². The van der Waals surface area contributed by atoms with Crippen molar-refractivity contribution < 1.29 is 14.3 Å². The van der Waals surface area contributed by atoms with Crippen LogP contribution in [0.1, 0.15) is 5.56 Å². The van der Waals surface area contributed by atoms with Crippen molar-refractivity contribution in [3.05, 3.63) is 53.1 Å². The van der Waals surface area contributed by atoms with Gasteiger partial charge in [-0.05, 0) is 12.0 Å². The SMILES string of the molecule is O=C(CNc1cc2c(cc1Cl)OCCO2)NCCc1ccccc1. The Hall–Kier alpha value is -2.40. The molecule has 0 radical (unpaired) electrons. The minimum atomic E-state index is -0.0862. The van der Waals surface area contributed by atoms with Gasteiger partial charge in [-0.3, -0.25) is 4.79 Å². The summed E-state index contributed by atoms with van der Waals surface area (Å²) >= 11 is 6.20. The number of anilines is 1. The molecule has 0 aromatic heterocycles. The standard InChI is InChI=1S/C18H19ClN2O3/c19-14-10-16-17(24-9-8-23-16)11-15(14)21-12-18(22)20-7-6-13-4-2-1-3-5-13/h1-5,10-11,21H,6-9,12H2,(H,20,22). The normalized spacial score (nSPS) is 12.5. The average molecular weight is 347 g/mol. The van der Waals surface area contributed by atoms with Gasteiger partial charge in [0, 0.05) is 18.7 Å². The largest absolute Gasteiger partial charge is 0.486 e. The highest BCUT2D eigenvalue weighted by Crippen LogP contribution is 2.37. The van der Waals surface area contributed by atoms with E-state index in [9.17, 15) is 4.79 Å². The van der Waals surface area contributed by atoms with Crippen LogP contribution in [0.15, 0.2) is 42.5 Å². The number of carbonyl (C=O) groups excluding carboxylic acids is 1. The third kappa shape index (κ3) is 4.32. The first-order valence-corrected chi connectivity index (χ1v) is 8.24. The van der Waals surface area contributed by atoms with Crippen LogP contribution in [0.25, 0.3) is 0 Å². The Bertz CT molecular complexity index is 707. The number of benzene rings is 2. The predicted molar refractivity (Wildman–Crippen MR) is 94.1 cm³/mol. The van der Waals surface area contributed by atoms with E-state index in [2.05, 4.69) is 10.6 Å². The highest BCUT2D eigenvalue weighted by molar-refractivity contribution is 6.33. The Kier molecular flexibility index (Phi) is 5.43. The van der Waals surface area contributed by atoms with Crippen molar-refractivity contribution in [2.75, 3.05) is 31.6 Å². The number of amides is 1. The van der Waals surface area contributed by atoms with Crippen LogP contribution in [0.5, 0.6) is 11.5 Å². The van der Waals surface area contributed by atoms with Crippen molar-refractivity contribution in [2.24, 2.45) is 0 Å². The fourth-order valence-corrected chi connectivity index (χ4v) is 2.65. The summed E-state index contributed by atoms with van der Waals surface area (Å²) in [7, 11) is 0. The summed E-state index contributed by atoms with van der Waals surface area (Å²) in [5.41, 5.74) is 1.85. The Morgan fingerprint density at radius 3 is 2.54 bits per heavy atom. The molecule has 1 amide bonds. The van der Waals surface area contributed by atoms with Gasteiger partial charge < -0.3 is 20.1 Å². The van der Waals surface area contributed by atoms with Crippen LogP contribution in [0.3, 0.4) is 0 Å². The molecule has 0 saturated heterocycles. The molecular weight excluding hydrogens is 328 g/mol. The van der Waals surface area contributed by atoms with E-state index in [1.807, 2.05) is 30.3 Å². The van der Waals surface area contributed by atoms with Crippen LogP contribution >= 0.6 is 11.6 Å². The molecule has 0 unspecified atom stereocenters. The molecule has 126 valence electrons. The van der Waals surface area contributed by atoms with Crippen molar-refractivity contribution in [3.63, 3.8) is 0 Å². The van der Waals surface area contributed by atoms with Crippen molar-refractivity contribution in [1.82, 2.24) is 5.32 Å². The van der Waals surface area contributed by atoms with E-state index in [-0.39, 0.29) is 12.5 Å². The van der Waals surface area contributed by atoms with Gasteiger partial charge in [-0.1, -0.05) is 41.9 Å². The molecule has 0 aliphatic carbocycles. The molecule has 0 saturated carbocycles. The molecular formula is C18H19ClN2O3. The highest BCUT2D eigenvalue weighted by Gasteiger charge is 2.15. The Balaban J connectivity index is 1.47. The molecule has 5 nitrogen and oxygen atoms in total. The smallest absolute Gasteiger partial charge is 0.239 e. The van der Waals surface area contributed by atoms with E-state index in [1.54, 1.807) is 12.1 Å². The third-order valence-electron chi connectivity index (χ3n) is 3.65. The van der Waals surface area contributed by atoms with Crippen LogP contribution in [0.4, 0.5) is 5.69 Å². The maximum atomic E-state index is 11.9. The first kappa shape index (κ1) is 16.5. The number of nitrogens with one attached hydrogen (secondary N) is 2. The summed E-state index contributed by atoms with van der Waals surface area (Å²) < 4.78 is 11.0. The van der Waals surface area contributed by atoms with Crippen molar-refractivity contribution in [3.8, 4) is 11.5 Å².